The Hall–Kier alpha value is -2.97. The van der Waals surface area contributed by atoms with Gasteiger partial charge in [-0.05, 0) is 57.1 Å². The molecule has 1 aliphatic rings. The molecule has 2 aromatic rings. The molecule has 35 heavy (non-hydrogen) atoms. The molecule has 0 aliphatic carbocycles. The lowest BCUT2D eigenvalue weighted by molar-refractivity contribution is -0.139. The summed E-state index contributed by atoms with van der Waals surface area (Å²) in [5.74, 6) is -0.542. The van der Waals surface area contributed by atoms with Crippen molar-refractivity contribution in [2.24, 2.45) is 5.92 Å². The summed E-state index contributed by atoms with van der Waals surface area (Å²) >= 11 is 0. The van der Waals surface area contributed by atoms with Crippen molar-refractivity contribution in [3.05, 3.63) is 29.8 Å². The number of hydrogen-bond acceptors (Lipinski definition) is 4. The van der Waals surface area contributed by atoms with Crippen LogP contribution < -0.4 is 10.6 Å². The molecule has 2 heterocycles. The van der Waals surface area contributed by atoms with Crippen LogP contribution >= 0.6 is 0 Å². The number of hydrogen-bond donors (Lipinski definition) is 3. The Labute approximate surface area is 206 Å². The Balaban J connectivity index is 1.73. The Morgan fingerprint density at radius 3 is 2.66 bits per heavy atom. The number of nitrogens with one attached hydrogen (secondary N) is 3. The maximum atomic E-state index is 14.0. The highest BCUT2D eigenvalue weighted by atomic mass is 19.1. The number of piperidine rings is 1. The summed E-state index contributed by atoms with van der Waals surface area (Å²) in [6, 6.07) is 3.22. The zero-order valence-electron chi connectivity index (χ0n) is 21.2. The monoisotopic (exact) mass is 487 g/mol. The van der Waals surface area contributed by atoms with Gasteiger partial charge in [-0.15, -0.1) is 0 Å². The molecule has 8 nitrogen and oxygen atoms in total. The van der Waals surface area contributed by atoms with Crippen molar-refractivity contribution in [1.29, 1.82) is 0 Å². The van der Waals surface area contributed by atoms with Gasteiger partial charge in [-0.3, -0.25) is 14.4 Å². The Morgan fingerprint density at radius 1 is 1.20 bits per heavy atom. The average molecular weight is 488 g/mol. The van der Waals surface area contributed by atoms with Crippen molar-refractivity contribution in [3.63, 3.8) is 0 Å². The van der Waals surface area contributed by atoms with Crippen molar-refractivity contribution in [2.45, 2.75) is 90.8 Å². The van der Waals surface area contributed by atoms with Crippen LogP contribution in [-0.2, 0) is 14.4 Å². The van der Waals surface area contributed by atoms with E-state index in [0.717, 1.165) is 25.7 Å². The summed E-state index contributed by atoms with van der Waals surface area (Å²) in [7, 11) is 0. The maximum absolute atomic E-state index is 14.0. The van der Waals surface area contributed by atoms with Crippen LogP contribution in [-0.4, -0.2) is 51.2 Å². The Kier molecular flexibility index (Phi) is 9.23. The van der Waals surface area contributed by atoms with E-state index in [-0.39, 0.29) is 36.2 Å². The third-order valence-electron chi connectivity index (χ3n) is 6.65. The first-order valence-electron chi connectivity index (χ1n) is 12.7. The van der Waals surface area contributed by atoms with Crippen LogP contribution in [0.2, 0.25) is 0 Å². The van der Waals surface area contributed by atoms with Crippen molar-refractivity contribution in [2.75, 3.05) is 6.54 Å². The van der Waals surface area contributed by atoms with E-state index in [2.05, 4.69) is 27.5 Å². The minimum atomic E-state index is -0.995. The molecule has 1 aromatic carbocycles. The molecule has 3 amide bonds. The van der Waals surface area contributed by atoms with E-state index in [4.69, 9.17) is 0 Å². The molecule has 1 saturated heterocycles. The third-order valence-corrected chi connectivity index (χ3v) is 6.65. The molecule has 3 atom stereocenters. The zero-order valence-corrected chi connectivity index (χ0v) is 21.2. The fourth-order valence-corrected chi connectivity index (χ4v) is 4.54. The first kappa shape index (κ1) is 26.6. The van der Waals surface area contributed by atoms with E-state index in [9.17, 15) is 18.8 Å². The number of fused-ring (bicyclic) bond motifs is 1. The van der Waals surface area contributed by atoms with Crippen molar-refractivity contribution < 1.29 is 18.8 Å². The van der Waals surface area contributed by atoms with Gasteiger partial charge in [-0.2, -0.15) is 0 Å². The second-order valence-corrected chi connectivity index (χ2v) is 9.89. The molecule has 3 N–H and O–H groups in total. The summed E-state index contributed by atoms with van der Waals surface area (Å²) < 4.78 is 14.0. The molecule has 1 aromatic heterocycles. The lowest BCUT2D eigenvalue weighted by atomic mass is 9.98. The molecule has 1 aliphatic heterocycles. The van der Waals surface area contributed by atoms with E-state index in [1.807, 2.05) is 18.7 Å². The van der Waals surface area contributed by atoms with Gasteiger partial charge in [-0.25, -0.2) is 9.37 Å². The molecule has 1 fully saturated rings. The number of aromatic nitrogens is 2. The van der Waals surface area contributed by atoms with E-state index < -0.39 is 23.8 Å². The largest absolute Gasteiger partial charge is 0.345 e. The summed E-state index contributed by atoms with van der Waals surface area (Å²) in [5.41, 5.74) is 0.735. The molecule has 0 unspecified atom stereocenters. The van der Waals surface area contributed by atoms with Gasteiger partial charge in [0.15, 0.2) is 5.82 Å². The lowest BCUT2D eigenvalue weighted by Gasteiger charge is -2.36. The topological polar surface area (TPSA) is 107 Å². The Bertz CT molecular complexity index is 1040. The molecule has 0 spiro atoms. The smallest absolute Gasteiger partial charge is 0.243 e. The van der Waals surface area contributed by atoms with Crippen molar-refractivity contribution in [3.8, 4) is 0 Å². The van der Waals surface area contributed by atoms with Crippen LogP contribution in [0.3, 0.4) is 0 Å². The Morgan fingerprint density at radius 2 is 1.97 bits per heavy atom. The number of nitrogens with zero attached hydrogens (tertiary/aromatic N) is 2. The molecule has 9 heteroatoms. The number of H-pyrrole nitrogens is 1. The summed E-state index contributed by atoms with van der Waals surface area (Å²) in [6.45, 7) is 8.52. The van der Waals surface area contributed by atoms with Gasteiger partial charge in [0.2, 0.25) is 17.7 Å². The van der Waals surface area contributed by atoms with Gasteiger partial charge >= 0.3 is 0 Å². The molecule has 0 radical (unpaired) electrons. The molecular weight excluding hydrogens is 449 g/mol. The zero-order chi connectivity index (χ0) is 25.5. The number of rotatable bonds is 10. The predicted octanol–water partition coefficient (Wildman–Crippen LogP) is 3.98. The van der Waals surface area contributed by atoms with Crippen LogP contribution in [0, 0.1) is 11.7 Å². The summed E-state index contributed by atoms with van der Waals surface area (Å²) in [6.07, 6.45) is 4.74. The van der Waals surface area contributed by atoms with E-state index in [1.54, 1.807) is 19.1 Å². The predicted molar refractivity (Wildman–Crippen MR) is 133 cm³/mol. The first-order chi connectivity index (χ1) is 16.7. The highest BCUT2D eigenvalue weighted by molar-refractivity contribution is 5.92. The van der Waals surface area contributed by atoms with Crippen molar-refractivity contribution in [1.82, 2.24) is 25.5 Å². The number of benzene rings is 1. The van der Waals surface area contributed by atoms with Crippen LogP contribution in [0.1, 0.15) is 84.5 Å². The second kappa shape index (κ2) is 12.1. The normalized spacial score (nSPS) is 17.9. The van der Waals surface area contributed by atoms with E-state index in [1.165, 1.54) is 6.07 Å². The fraction of sp³-hybridized carbons (Fsp3) is 0.615. The minimum absolute atomic E-state index is 0.1000. The number of imidazole rings is 1. The van der Waals surface area contributed by atoms with Gasteiger partial charge in [0, 0.05) is 19.0 Å². The van der Waals surface area contributed by atoms with E-state index in [0.29, 0.717) is 30.2 Å². The fourth-order valence-electron chi connectivity index (χ4n) is 4.54. The van der Waals surface area contributed by atoms with Gasteiger partial charge in [0.05, 0.1) is 18.0 Å². The summed E-state index contributed by atoms with van der Waals surface area (Å²) in [5, 5.41) is 5.62. The number of carbonyl (C=O) groups is 3. The van der Waals surface area contributed by atoms with Crippen molar-refractivity contribution >= 4 is 28.8 Å². The van der Waals surface area contributed by atoms with Gasteiger partial charge in [0.1, 0.15) is 17.4 Å². The lowest BCUT2D eigenvalue weighted by Crippen LogP contribution is -2.52. The minimum Gasteiger partial charge on any atom is -0.345 e. The number of amides is 3. The van der Waals surface area contributed by atoms with Gasteiger partial charge in [0.25, 0.3) is 0 Å². The van der Waals surface area contributed by atoms with Crippen LogP contribution in [0.5, 0.6) is 0 Å². The van der Waals surface area contributed by atoms with Crippen LogP contribution in [0.15, 0.2) is 18.2 Å². The molecular formula is C26H38FN5O3. The molecule has 3 rings (SSSR count). The van der Waals surface area contributed by atoms with Gasteiger partial charge < -0.3 is 20.5 Å². The maximum Gasteiger partial charge on any atom is 0.243 e. The summed E-state index contributed by atoms with van der Waals surface area (Å²) in [4.78, 5) is 48.2. The standard InChI is InChI=1S/C26H38FN5O3/c1-5-18-9-6-7-14-32(18)23(34)15-21(29-22(33)13-12-16(2)3)26(35)28-17(4)25-30-20-11-8-10-19(27)24(20)31-25/h8,10-11,16-18,21H,5-7,9,12-15H2,1-4H3,(H,28,35)(H,29,33)(H,30,31)/t17-,18-,21-/m0/s1. The number of likely N-dealkylation sites (tertiary alicyclic amines) is 1. The van der Waals surface area contributed by atoms with E-state index >= 15 is 0 Å². The number of aromatic amines is 1. The molecule has 0 bridgehead atoms. The number of carbonyl (C=O) groups excluding carboxylic acids is 3. The first-order valence-corrected chi connectivity index (χ1v) is 12.7. The quantitative estimate of drug-likeness (QED) is 0.471. The van der Waals surface area contributed by atoms with Gasteiger partial charge in [-0.1, -0.05) is 26.8 Å². The molecule has 192 valence electrons. The highest BCUT2D eigenvalue weighted by Gasteiger charge is 2.31. The number of halogens is 1. The van der Waals surface area contributed by atoms with Crippen LogP contribution in [0.25, 0.3) is 11.0 Å². The number of para-hydroxylation sites is 1. The highest BCUT2D eigenvalue weighted by Crippen LogP contribution is 2.22. The third kappa shape index (κ3) is 7.02. The SMILES string of the molecule is CC[C@H]1CCCCN1C(=O)C[C@H](NC(=O)CCC(C)C)C(=O)N[C@@H](C)c1nc2c(F)cccc2[nH]1. The van der Waals surface area contributed by atoms with Crippen LogP contribution in [0.4, 0.5) is 4.39 Å². The average Bonchev–Trinajstić information content (AvgIpc) is 3.28. The second-order valence-electron chi connectivity index (χ2n) is 9.89. The molecule has 0 saturated carbocycles.